The first-order chi connectivity index (χ1) is 15.2. The highest BCUT2D eigenvalue weighted by molar-refractivity contribution is 7.89. The van der Waals surface area contributed by atoms with Crippen LogP contribution in [0.1, 0.15) is 50.7 Å². The monoisotopic (exact) mass is 454 g/mol. The molecule has 1 aliphatic heterocycles. The number of rotatable bonds is 5. The molecule has 3 aliphatic rings. The minimum atomic E-state index is -3.70. The van der Waals surface area contributed by atoms with Crippen LogP contribution in [0.25, 0.3) is 17.2 Å². The molecule has 2 aromatic rings. The molecule has 0 radical (unpaired) electrons. The quantitative estimate of drug-likeness (QED) is 0.751. The molecular weight excluding hydrogens is 424 g/mol. The number of nitrogens with zero attached hydrogens (tertiary/aromatic N) is 3. The second kappa shape index (κ2) is 7.56. The summed E-state index contributed by atoms with van der Waals surface area (Å²) in [5.74, 6) is 0.796. The zero-order chi connectivity index (χ0) is 22.7. The molecule has 0 aromatic carbocycles. The van der Waals surface area contributed by atoms with Crippen molar-refractivity contribution in [1.82, 2.24) is 14.3 Å². The molecular formula is C24H30N4O3S. The van der Waals surface area contributed by atoms with Gasteiger partial charge in [0.15, 0.2) is 0 Å². The van der Waals surface area contributed by atoms with Crippen molar-refractivity contribution >= 4 is 21.9 Å². The highest BCUT2D eigenvalue weighted by atomic mass is 32.2. The van der Waals surface area contributed by atoms with E-state index in [2.05, 4.69) is 9.62 Å². The molecule has 1 N–H and O–H groups in total. The highest BCUT2D eigenvalue weighted by Crippen LogP contribution is 2.54. The lowest BCUT2D eigenvalue weighted by atomic mass is 9.93. The average Bonchev–Trinajstić information content (AvgIpc) is 3.31. The third-order valence-electron chi connectivity index (χ3n) is 7.04. The molecule has 2 aliphatic carbocycles. The number of allylic oxidation sites excluding steroid dienone is 1. The summed E-state index contributed by atoms with van der Waals surface area (Å²) >= 11 is 0. The Morgan fingerprint density at radius 3 is 2.50 bits per heavy atom. The Balaban J connectivity index is 1.66. The number of fused-ring (bicyclic) bond motifs is 1. The zero-order valence-corrected chi connectivity index (χ0v) is 19.7. The molecule has 0 amide bonds. The van der Waals surface area contributed by atoms with Gasteiger partial charge in [0.1, 0.15) is 10.7 Å². The van der Waals surface area contributed by atoms with Crippen molar-refractivity contribution in [3.05, 3.63) is 46.0 Å². The minimum absolute atomic E-state index is 0.0119. The van der Waals surface area contributed by atoms with Crippen molar-refractivity contribution < 1.29 is 8.42 Å². The number of hydrogen-bond acceptors (Lipinski definition) is 5. The molecule has 3 heterocycles. The summed E-state index contributed by atoms with van der Waals surface area (Å²) in [4.78, 5) is 19.8. The van der Waals surface area contributed by atoms with Crippen molar-refractivity contribution in [2.45, 2.75) is 56.9 Å². The summed E-state index contributed by atoms with van der Waals surface area (Å²) in [7, 11) is -1.95. The largest absolute Gasteiger partial charge is 0.356 e. The number of sulfonamides is 1. The maximum Gasteiger partial charge on any atom is 0.254 e. The molecule has 1 saturated carbocycles. The summed E-state index contributed by atoms with van der Waals surface area (Å²) in [5, 5.41) is 0. The Hall–Kier alpha value is -2.45. The predicted octanol–water partition coefficient (Wildman–Crippen LogP) is 3.08. The number of hydrogen-bond donors (Lipinski definition) is 1. The minimum Gasteiger partial charge on any atom is -0.356 e. The Labute approximate surface area is 189 Å². The van der Waals surface area contributed by atoms with E-state index in [0.717, 1.165) is 54.0 Å². The Bertz CT molecular complexity index is 1260. The van der Waals surface area contributed by atoms with Crippen LogP contribution in [0.3, 0.4) is 0 Å². The van der Waals surface area contributed by atoms with Crippen molar-refractivity contribution in [3.63, 3.8) is 0 Å². The maximum absolute atomic E-state index is 12.9. The van der Waals surface area contributed by atoms with Crippen molar-refractivity contribution in [2.24, 2.45) is 12.5 Å². The molecule has 32 heavy (non-hydrogen) atoms. The van der Waals surface area contributed by atoms with Crippen LogP contribution in [0.15, 0.2) is 34.2 Å². The van der Waals surface area contributed by atoms with E-state index < -0.39 is 10.0 Å². The van der Waals surface area contributed by atoms with E-state index in [-0.39, 0.29) is 16.5 Å². The molecule has 170 valence electrons. The Morgan fingerprint density at radius 2 is 1.84 bits per heavy atom. The normalized spacial score (nSPS) is 19.1. The maximum atomic E-state index is 12.9. The molecule has 0 atom stereocenters. The smallest absolute Gasteiger partial charge is 0.254 e. The van der Waals surface area contributed by atoms with Crippen molar-refractivity contribution in [3.8, 4) is 11.1 Å². The summed E-state index contributed by atoms with van der Waals surface area (Å²) in [6, 6.07) is 1.51. The standard InChI is InChI=1S/C24H30N4O3S/c1-16(2)26-32(30,31)17-13-20(21-15-27(3)23(29)19-6-4-5-18(19)21)22(25-14-17)28-11-9-24(7-8-24)10-12-28/h4-5,13-16,26H,6-12H2,1-3H3. The molecule has 1 spiro atoms. The zero-order valence-electron chi connectivity index (χ0n) is 18.9. The number of piperidine rings is 1. The number of pyridine rings is 2. The molecule has 7 nitrogen and oxygen atoms in total. The van der Waals surface area contributed by atoms with Gasteiger partial charge in [-0.2, -0.15) is 0 Å². The van der Waals surface area contributed by atoms with E-state index in [9.17, 15) is 13.2 Å². The first-order valence-corrected chi connectivity index (χ1v) is 12.8. The van der Waals surface area contributed by atoms with E-state index in [1.807, 2.05) is 18.3 Å². The van der Waals surface area contributed by atoms with E-state index >= 15 is 0 Å². The van der Waals surface area contributed by atoms with E-state index in [4.69, 9.17) is 4.98 Å². The molecule has 1 saturated heterocycles. The summed E-state index contributed by atoms with van der Waals surface area (Å²) in [5.41, 5.74) is 3.76. The second-order valence-corrected chi connectivity index (χ2v) is 11.5. The second-order valence-electron chi connectivity index (χ2n) is 9.76. The molecule has 5 rings (SSSR count). The van der Waals surface area contributed by atoms with Gasteiger partial charge in [-0.3, -0.25) is 4.79 Å². The first kappa shape index (κ1) is 21.4. The van der Waals surface area contributed by atoms with Crippen LogP contribution >= 0.6 is 0 Å². The molecule has 2 aromatic heterocycles. The number of anilines is 1. The van der Waals surface area contributed by atoms with Crippen LogP contribution in [0.2, 0.25) is 0 Å². The van der Waals surface area contributed by atoms with E-state index in [1.165, 1.54) is 19.0 Å². The van der Waals surface area contributed by atoms with Gasteiger partial charge < -0.3 is 9.47 Å². The molecule has 2 fully saturated rings. The van der Waals surface area contributed by atoms with Gasteiger partial charge >= 0.3 is 0 Å². The van der Waals surface area contributed by atoms with Gasteiger partial charge in [0.2, 0.25) is 10.0 Å². The lowest BCUT2D eigenvalue weighted by molar-refractivity contribution is 0.383. The number of aryl methyl sites for hydroxylation is 1. The van der Waals surface area contributed by atoms with E-state index in [0.29, 0.717) is 11.8 Å². The van der Waals surface area contributed by atoms with Gasteiger partial charge in [-0.1, -0.05) is 12.2 Å². The first-order valence-electron chi connectivity index (χ1n) is 11.4. The Morgan fingerprint density at radius 1 is 1.12 bits per heavy atom. The lowest BCUT2D eigenvalue weighted by Crippen LogP contribution is -2.35. The van der Waals surface area contributed by atoms with Crippen LogP contribution in [-0.2, 0) is 23.5 Å². The van der Waals surface area contributed by atoms with Crippen LogP contribution in [0.5, 0.6) is 0 Å². The van der Waals surface area contributed by atoms with E-state index in [1.54, 1.807) is 31.5 Å². The summed E-state index contributed by atoms with van der Waals surface area (Å²) in [6.45, 7) is 5.43. The van der Waals surface area contributed by atoms with Gasteiger partial charge in [-0.25, -0.2) is 18.1 Å². The fourth-order valence-electron chi connectivity index (χ4n) is 4.99. The van der Waals surface area contributed by atoms with Crippen molar-refractivity contribution in [1.29, 1.82) is 0 Å². The average molecular weight is 455 g/mol. The van der Waals surface area contributed by atoms with Crippen LogP contribution < -0.4 is 15.2 Å². The molecule has 0 unspecified atom stereocenters. The van der Waals surface area contributed by atoms with Crippen molar-refractivity contribution in [2.75, 3.05) is 18.0 Å². The van der Waals surface area contributed by atoms with Gasteiger partial charge in [0.25, 0.3) is 5.56 Å². The van der Waals surface area contributed by atoms with Crippen LogP contribution in [0, 0.1) is 5.41 Å². The topological polar surface area (TPSA) is 84.3 Å². The van der Waals surface area contributed by atoms with Gasteiger partial charge in [-0.15, -0.1) is 0 Å². The Kier molecular flexibility index (Phi) is 5.05. The highest BCUT2D eigenvalue weighted by Gasteiger charge is 2.44. The number of nitrogens with one attached hydrogen (secondary N) is 1. The number of aromatic nitrogens is 2. The SMILES string of the molecule is CC(C)NS(=O)(=O)c1cnc(N2CCC3(CC2)CC3)c(-c2cn(C)c(=O)c3c2C=CC3)c1. The van der Waals surface area contributed by atoms with Crippen LogP contribution in [0.4, 0.5) is 5.82 Å². The fraction of sp³-hybridized carbons (Fsp3) is 0.500. The van der Waals surface area contributed by atoms with Gasteiger partial charge in [0, 0.05) is 55.3 Å². The molecule has 0 bridgehead atoms. The van der Waals surface area contributed by atoms with Crippen LogP contribution in [-0.4, -0.2) is 37.1 Å². The van der Waals surface area contributed by atoms with Gasteiger partial charge in [-0.05, 0) is 63.0 Å². The molecule has 8 heteroatoms. The third-order valence-corrected chi connectivity index (χ3v) is 8.66. The summed E-state index contributed by atoms with van der Waals surface area (Å²) < 4.78 is 30.1. The summed E-state index contributed by atoms with van der Waals surface area (Å²) in [6.07, 6.45) is 12.8. The predicted molar refractivity (Wildman–Crippen MR) is 126 cm³/mol. The van der Waals surface area contributed by atoms with Gasteiger partial charge in [0.05, 0.1) is 0 Å². The fourth-order valence-corrected chi connectivity index (χ4v) is 6.21. The third kappa shape index (κ3) is 3.69. The lowest BCUT2D eigenvalue weighted by Gasteiger charge is -2.34.